The van der Waals surface area contributed by atoms with Crippen LogP contribution in [-0.4, -0.2) is 23.5 Å². The summed E-state index contributed by atoms with van der Waals surface area (Å²) in [5, 5.41) is 21.2. The highest BCUT2D eigenvalue weighted by Crippen LogP contribution is 2.29. The molecule has 0 radical (unpaired) electrons. The lowest BCUT2D eigenvalue weighted by molar-refractivity contribution is -0.268. The molecule has 0 heterocycles. The van der Waals surface area contributed by atoms with E-state index in [0.29, 0.717) is 23.8 Å². The second-order valence-corrected chi connectivity index (χ2v) is 7.07. The molecule has 1 N–H and O–H groups in total. The third kappa shape index (κ3) is 5.00. The summed E-state index contributed by atoms with van der Waals surface area (Å²) >= 11 is 0. The van der Waals surface area contributed by atoms with Gasteiger partial charge in [0.2, 0.25) is 0 Å². The molecule has 0 aliphatic heterocycles. The van der Waals surface area contributed by atoms with Crippen LogP contribution in [0.4, 0.5) is 0 Å². The molecule has 0 atom stereocenters. The fourth-order valence-corrected chi connectivity index (χ4v) is 3.43. The average Bonchev–Trinajstić information content (AvgIpc) is 2.71. The monoisotopic (exact) mass is 379 g/mol. The molecule has 2 aromatic rings. The smallest absolute Gasteiger partial charge is 0.335 e. The summed E-state index contributed by atoms with van der Waals surface area (Å²) in [5.41, 5.74) is 0.884. The maximum Gasteiger partial charge on any atom is 0.335 e. The van der Waals surface area contributed by atoms with Crippen LogP contribution in [0.5, 0.6) is 11.5 Å². The van der Waals surface area contributed by atoms with Gasteiger partial charge in [-0.1, -0.05) is 55.4 Å². The number of aromatic carboxylic acids is 1. The Labute approximate surface area is 164 Å². The van der Waals surface area contributed by atoms with E-state index in [-0.39, 0.29) is 16.9 Å². The highest BCUT2D eigenvalue weighted by molar-refractivity contribution is 6.10. The van der Waals surface area contributed by atoms with Crippen LogP contribution >= 0.6 is 0 Å². The number of hydrogen-bond acceptors (Lipinski definition) is 4. The zero-order valence-corrected chi connectivity index (χ0v) is 15.6. The first kappa shape index (κ1) is 19.7. The molecule has 0 unspecified atom stereocenters. The number of ether oxygens (including phenoxy) is 1. The van der Waals surface area contributed by atoms with Crippen molar-refractivity contribution in [2.75, 3.05) is 6.61 Å². The molecule has 146 valence electrons. The number of allylic oxidation sites excluding steroid dienone is 1. The molecule has 3 rings (SSSR count). The molecule has 1 aliphatic carbocycles. The van der Waals surface area contributed by atoms with Crippen LogP contribution in [0.2, 0.25) is 0 Å². The van der Waals surface area contributed by atoms with Crippen LogP contribution in [0, 0.1) is 5.92 Å². The Hall–Kier alpha value is -3.08. The van der Waals surface area contributed by atoms with Gasteiger partial charge in [0.25, 0.3) is 0 Å². The topological polar surface area (TPSA) is 86.7 Å². The Balaban J connectivity index is 1.72. The largest absolute Gasteiger partial charge is 0.872 e. The van der Waals surface area contributed by atoms with Crippen molar-refractivity contribution in [3.8, 4) is 11.5 Å². The van der Waals surface area contributed by atoms with E-state index >= 15 is 0 Å². The van der Waals surface area contributed by atoms with Crippen LogP contribution in [0.3, 0.4) is 0 Å². The fraction of sp³-hybridized carbons (Fsp3) is 0.304. The summed E-state index contributed by atoms with van der Waals surface area (Å²) in [7, 11) is 0. The molecule has 0 saturated heterocycles. The first-order valence-electron chi connectivity index (χ1n) is 9.53. The molecule has 5 heteroatoms. The molecule has 5 nitrogen and oxygen atoms in total. The van der Waals surface area contributed by atoms with Crippen LogP contribution in [-0.2, 0) is 0 Å². The highest BCUT2D eigenvalue weighted by Gasteiger charge is 2.16. The zero-order chi connectivity index (χ0) is 19.9. The average molecular weight is 379 g/mol. The summed E-state index contributed by atoms with van der Waals surface area (Å²) < 4.78 is 5.85. The Morgan fingerprint density at radius 3 is 2.46 bits per heavy atom. The quantitative estimate of drug-likeness (QED) is 0.572. The van der Waals surface area contributed by atoms with E-state index < -0.39 is 11.8 Å². The van der Waals surface area contributed by atoms with Crippen molar-refractivity contribution in [1.82, 2.24) is 0 Å². The number of hydrogen-bond donors (Lipinski definition) is 1. The van der Waals surface area contributed by atoms with Crippen molar-refractivity contribution < 1.29 is 24.5 Å². The molecule has 1 fully saturated rings. The summed E-state index contributed by atoms with van der Waals surface area (Å²) in [4.78, 5) is 23.5. The Morgan fingerprint density at radius 2 is 1.79 bits per heavy atom. The number of carbonyl (C=O) groups excluding carboxylic acids is 1. The second-order valence-electron chi connectivity index (χ2n) is 7.07. The molecule has 1 saturated carbocycles. The number of ketones is 1. The minimum Gasteiger partial charge on any atom is -0.872 e. The number of rotatable bonds is 7. The Morgan fingerprint density at radius 1 is 1.07 bits per heavy atom. The van der Waals surface area contributed by atoms with Crippen LogP contribution in [0.25, 0.3) is 6.08 Å². The van der Waals surface area contributed by atoms with E-state index in [2.05, 4.69) is 0 Å². The van der Waals surface area contributed by atoms with E-state index in [1.54, 1.807) is 30.3 Å². The molecule has 0 amide bonds. The van der Waals surface area contributed by atoms with Gasteiger partial charge in [-0.15, -0.1) is 0 Å². The molecule has 0 bridgehead atoms. The van der Waals surface area contributed by atoms with E-state index in [0.717, 1.165) is 12.8 Å². The lowest BCUT2D eigenvalue weighted by atomic mass is 9.90. The Kier molecular flexibility index (Phi) is 6.48. The van der Waals surface area contributed by atoms with Gasteiger partial charge in [0.15, 0.2) is 5.78 Å². The van der Waals surface area contributed by atoms with Gasteiger partial charge < -0.3 is 14.9 Å². The molecular formula is C23H23O5-. The first-order chi connectivity index (χ1) is 13.5. The molecule has 2 aromatic carbocycles. The van der Waals surface area contributed by atoms with E-state index in [1.165, 1.54) is 43.5 Å². The normalized spacial score (nSPS) is 14.9. The van der Waals surface area contributed by atoms with Gasteiger partial charge in [-0.2, -0.15) is 0 Å². The lowest BCUT2D eigenvalue weighted by Crippen LogP contribution is -2.16. The van der Waals surface area contributed by atoms with Crippen molar-refractivity contribution in [2.45, 2.75) is 32.1 Å². The standard InChI is InChI=1S/C23H24O5/c24-19-7-4-8-21(28-15-17-5-2-1-3-6-17)22(19)20(25)14-11-16-9-12-18(13-10-16)23(26)27/h4,7-14,17,24H,1-3,5-6,15H2,(H,26,27)/p-1/b14-11+. The maximum atomic E-state index is 12.6. The van der Waals surface area contributed by atoms with Gasteiger partial charge in [-0.3, -0.25) is 4.79 Å². The number of carboxylic acids is 1. The number of benzene rings is 2. The summed E-state index contributed by atoms with van der Waals surface area (Å²) in [6.07, 6.45) is 8.77. The molecule has 0 aromatic heterocycles. The van der Waals surface area contributed by atoms with Gasteiger partial charge in [0, 0.05) is 0 Å². The Bertz CT molecular complexity index is 861. The van der Waals surface area contributed by atoms with Gasteiger partial charge in [-0.25, -0.2) is 4.79 Å². The number of carbonyl (C=O) groups is 2. The van der Waals surface area contributed by atoms with Crippen molar-refractivity contribution in [3.63, 3.8) is 0 Å². The van der Waals surface area contributed by atoms with Crippen molar-refractivity contribution in [1.29, 1.82) is 0 Å². The minimum absolute atomic E-state index is 0.0386. The van der Waals surface area contributed by atoms with Crippen LogP contribution in [0.1, 0.15) is 58.4 Å². The van der Waals surface area contributed by atoms with E-state index in [9.17, 15) is 14.7 Å². The molecule has 28 heavy (non-hydrogen) atoms. The summed E-state index contributed by atoms with van der Waals surface area (Å²) in [6, 6.07) is 10.8. The maximum absolute atomic E-state index is 12.6. The van der Waals surface area contributed by atoms with Gasteiger partial charge in [-0.05, 0) is 48.6 Å². The minimum atomic E-state index is -1.01. The predicted molar refractivity (Wildman–Crippen MR) is 105 cm³/mol. The molecule has 0 spiro atoms. The fourth-order valence-electron chi connectivity index (χ4n) is 3.43. The van der Waals surface area contributed by atoms with E-state index in [1.807, 2.05) is 0 Å². The molecule has 1 aliphatic rings. The number of carboxylic acid groups (broad SMARTS) is 1. The first-order valence-corrected chi connectivity index (χ1v) is 9.53. The van der Waals surface area contributed by atoms with Gasteiger partial charge in [0.05, 0.1) is 17.7 Å². The predicted octanol–water partition coefficient (Wildman–Crippen LogP) is 4.31. The van der Waals surface area contributed by atoms with Crippen molar-refractivity contribution in [2.24, 2.45) is 5.92 Å². The van der Waals surface area contributed by atoms with Crippen LogP contribution in [0.15, 0.2) is 48.5 Å². The van der Waals surface area contributed by atoms with E-state index in [4.69, 9.17) is 9.84 Å². The molecular weight excluding hydrogens is 356 g/mol. The highest BCUT2D eigenvalue weighted by atomic mass is 16.5. The second kappa shape index (κ2) is 9.22. The van der Waals surface area contributed by atoms with Gasteiger partial charge >= 0.3 is 5.97 Å². The van der Waals surface area contributed by atoms with Gasteiger partial charge in [0.1, 0.15) is 5.75 Å². The summed E-state index contributed by atoms with van der Waals surface area (Å²) in [5.74, 6) is -1.00. The zero-order valence-electron chi connectivity index (χ0n) is 15.6. The third-order valence-corrected chi connectivity index (χ3v) is 5.02. The third-order valence-electron chi connectivity index (χ3n) is 5.02. The summed E-state index contributed by atoms with van der Waals surface area (Å²) in [6.45, 7) is 0.518. The lowest BCUT2D eigenvalue weighted by Gasteiger charge is -2.23. The SMILES string of the molecule is O=C(O)c1ccc(/C=C/C(=O)c2c([O-])cccc2OCC2CCCCC2)cc1. The van der Waals surface area contributed by atoms with Crippen molar-refractivity contribution >= 4 is 17.8 Å². The van der Waals surface area contributed by atoms with Crippen molar-refractivity contribution in [3.05, 3.63) is 65.2 Å². The van der Waals surface area contributed by atoms with Crippen LogP contribution < -0.4 is 9.84 Å².